The van der Waals surface area contributed by atoms with Gasteiger partial charge in [0.1, 0.15) is 11.6 Å². The minimum Gasteiger partial charge on any atom is -0.493 e. The van der Waals surface area contributed by atoms with E-state index in [0.29, 0.717) is 12.0 Å². The zero-order valence-electron chi connectivity index (χ0n) is 12.7. The summed E-state index contributed by atoms with van der Waals surface area (Å²) in [5.41, 5.74) is 1.32. The molecule has 2 atom stereocenters. The standard InChI is InChI=1S/C17H23N3O/c1-3-20-10-9-19-17(20)12-15(18-2)13-8-11-21-16-7-5-4-6-14(13)16/h4-7,9-10,13,15,18H,3,8,11-12H2,1-2H3. The van der Waals surface area contributed by atoms with Gasteiger partial charge in [-0.15, -0.1) is 0 Å². The van der Waals surface area contributed by atoms with E-state index >= 15 is 0 Å². The predicted molar refractivity (Wildman–Crippen MR) is 83.7 cm³/mol. The Morgan fingerprint density at radius 1 is 1.43 bits per heavy atom. The molecule has 1 aliphatic rings. The van der Waals surface area contributed by atoms with E-state index < -0.39 is 0 Å². The molecule has 0 bridgehead atoms. The van der Waals surface area contributed by atoms with Crippen LogP contribution in [0.3, 0.4) is 0 Å². The number of nitrogens with one attached hydrogen (secondary N) is 1. The van der Waals surface area contributed by atoms with Gasteiger partial charge in [0.25, 0.3) is 0 Å². The van der Waals surface area contributed by atoms with E-state index in [1.165, 1.54) is 5.56 Å². The summed E-state index contributed by atoms with van der Waals surface area (Å²) in [4.78, 5) is 4.52. The first-order chi connectivity index (χ1) is 10.3. The molecular formula is C17H23N3O. The molecule has 0 saturated carbocycles. The first-order valence-corrected chi connectivity index (χ1v) is 7.72. The molecule has 1 aliphatic heterocycles. The fourth-order valence-corrected chi connectivity index (χ4v) is 3.25. The molecular weight excluding hydrogens is 262 g/mol. The second-order valence-electron chi connectivity index (χ2n) is 5.51. The zero-order valence-corrected chi connectivity index (χ0v) is 12.7. The first kappa shape index (κ1) is 14.1. The molecule has 1 aromatic carbocycles. The van der Waals surface area contributed by atoms with E-state index in [1.54, 1.807) is 0 Å². The molecule has 0 radical (unpaired) electrons. The van der Waals surface area contributed by atoms with Gasteiger partial charge < -0.3 is 14.6 Å². The minimum atomic E-state index is 0.378. The summed E-state index contributed by atoms with van der Waals surface area (Å²) in [5, 5.41) is 3.49. The van der Waals surface area contributed by atoms with Crippen molar-refractivity contribution >= 4 is 0 Å². The molecule has 1 N–H and O–H groups in total. The Kier molecular flexibility index (Phi) is 4.25. The highest BCUT2D eigenvalue weighted by molar-refractivity contribution is 5.38. The zero-order chi connectivity index (χ0) is 14.7. The lowest BCUT2D eigenvalue weighted by Gasteiger charge is -2.32. The third-order valence-corrected chi connectivity index (χ3v) is 4.41. The Bertz CT molecular complexity index is 593. The van der Waals surface area contributed by atoms with Crippen LogP contribution in [0.25, 0.3) is 0 Å². The topological polar surface area (TPSA) is 39.1 Å². The van der Waals surface area contributed by atoms with Crippen LogP contribution in [0.1, 0.15) is 30.7 Å². The van der Waals surface area contributed by atoms with E-state index in [4.69, 9.17) is 4.74 Å². The van der Waals surface area contributed by atoms with Gasteiger partial charge in [0, 0.05) is 37.3 Å². The van der Waals surface area contributed by atoms with Crippen LogP contribution in [0.5, 0.6) is 5.75 Å². The van der Waals surface area contributed by atoms with Crippen molar-refractivity contribution in [3.05, 3.63) is 48.0 Å². The van der Waals surface area contributed by atoms with E-state index in [1.807, 2.05) is 19.3 Å². The molecule has 4 heteroatoms. The lowest BCUT2D eigenvalue weighted by atomic mass is 9.85. The number of para-hydroxylation sites is 1. The van der Waals surface area contributed by atoms with Crippen LogP contribution in [0, 0.1) is 0 Å². The van der Waals surface area contributed by atoms with Crippen molar-refractivity contribution in [2.24, 2.45) is 0 Å². The van der Waals surface area contributed by atoms with Crippen molar-refractivity contribution in [1.29, 1.82) is 0 Å². The van der Waals surface area contributed by atoms with Gasteiger partial charge in [0.05, 0.1) is 6.61 Å². The van der Waals surface area contributed by atoms with E-state index in [9.17, 15) is 0 Å². The van der Waals surface area contributed by atoms with Gasteiger partial charge >= 0.3 is 0 Å². The van der Waals surface area contributed by atoms with Crippen molar-refractivity contribution in [2.45, 2.75) is 38.3 Å². The summed E-state index contributed by atoms with van der Waals surface area (Å²) in [6, 6.07) is 8.78. The fourth-order valence-electron chi connectivity index (χ4n) is 3.25. The molecule has 0 spiro atoms. The van der Waals surface area contributed by atoms with Crippen LogP contribution in [-0.4, -0.2) is 29.2 Å². The average molecular weight is 285 g/mol. The van der Waals surface area contributed by atoms with Crippen molar-refractivity contribution < 1.29 is 4.74 Å². The lowest BCUT2D eigenvalue weighted by molar-refractivity contribution is 0.246. The fraction of sp³-hybridized carbons (Fsp3) is 0.471. The molecule has 0 fully saturated rings. The van der Waals surface area contributed by atoms with Crippen LogP contribution in [0.15, 0.2) is 36.7 Å². The summed E-state index contributed by atoms with van der Waals surface area (Å²) in [6.45, 7) is 3.92. The van der Waals surface area contributed by atoms with Gasteiger partial charge in [-0.3, -0.25) is 0 Å². The summed E-state index contributed by atoms with van der Waals surface area (Å²) in [5.74, 6) is 2.66. The second-order valence-corrected chi connectivity index (χ2v) is 5.51. The number of aromatic nitrogens is 2. The molecule has 3 rings (SSSR count). The molecule has 2 heterocycles. The molecule has 0 amide bonds. The van der Waals surface area contributed by atoms with Crippen molar-refractivity contribution in [1.82, 2.24) is 14.9 Å². The van der Waals surface area contributed by atoms with Crippen LogP contribution < -0.4 is 10.1 Å². The van der Waals surface area contributed by atoms with Gasteiger partial charge in [0.15, 0.2) is 0 Å². The Hall–Kier alpha value is -1.81. The normalized spacial score (nSPS) is 18.9. The number of rotatable bonds is 5. The Morgan fingerprint density at radius 2 is 2.29 bits per heavy atom. The molecule has 112 valence electrons. The predicted octanol–water partition coefficient (Wildman–Crippen LogP) is 2.60. The summed E-state index contributed by atoms with van der Waals surface area (Å²) in [7, 11) is 2.04. The van der Waals surface area contributed by atoms with Crippen molar-refractivity contribution in [3.8, 4) is 5.75 Å². The molecule has 2 aromatic rings. The van der Waals surface area contributed by atoms with Crippen LogP contribution in [-0.2, 0) is 13.0 Å². The number of fused-ring (bicyclic) bond motifs is 1. The number of imidazole rings is 1. The number of nitrogens with zero attached hydrogens (tertiary/aromatic N) is 2. The molecule has 2 unspecified atom stereocenters. The Morgan fingerprint density at radius 3 is 3.10 bits per heavy atom. The van der Waals surface area contributed by atoms with Crippen LogP contribution in [0.2, 0.25) is 0 Å². The minimum absolute atomic E-state index is 0.378. The lowest BCUT2D eigenvalue weighted by Crippen LogP contribution is -2.37. The van der Waals surface area contributed by atoms with Gasteiger partial charge in [-0.25, -0.2) is 4.98 Å². The Balaban J connectivity index is 1.84. The van der Waals surface area contributed by atoms with Crippen molar-refractivity contribution in [2.75, 3.05) is 13.7 Å². The van der Waals surface area contributed by atoms with E-state index in [-0.39, 0.29) is 0 Å². The smallest absolute Gasteiger partial charge is 0.122 e. The molecule has 21 heavy (non-hydrogen) atoms. The maximum atomic E-state index is 5.78. The maximum absolute atomic E-state index is 5.78. The molecule has 4 nitrogen and oxygen atoms in total. The van der Waals surface area contributed by atoms with Gasteiger partial charge in [-0.05, 0) is 32.0 Å². The van der Waals surface area contributed by atoms with E-state index in [2.05, 4.69) is 46.2 Å². The third kappa shape index (κ3) is 2.81. The van der Waals surface area contributed by atoms with Crippen molar-refractivity contribution in [3.63, 3.8) is 0 Å². The molecule has 1 aromatic heterocycles. The summed E-state index contributed by atoms with van der Waals surface area (Å²) in [6.07, 6.45) is 5.94. The van der Waals surface area contributed by atoms with E-state index in [0.717, 1.165) is 37.6 Å². The highest BCUT2D eigenvalue weighted by Crippen LogP contribution is 2.36. The monoisotopic (exact) mass is 285 g/mol. The van der Waals surface area contributed by atoms with Gasteiger partial charge in [0.2, 0.25) is 0 Å². The summed E-state index contributed by atoms with van der Waals surface area (Å²) < 4.78 is 8.00. The summed E-state index contributed by atoms with van der Waals surface area (Å²) >= 11 is 0. The average Bonchev–Trinajstić information content (AvgIpc) is 2.99. The number of likely N-dealkylation sites (N-methyl/N-ethyl adjacent to an activating group) is 1. The molecule has 0 aliphatic carbocycles. The number of hydrogen-bond acceptors (Lipinski definition) is 3. The molecule has 0 saturated heterocycles. The quantitative estimate of drug-likeness (QED) is 0.918. The maximum Gasteiger partial charge on any atom is 0.122 e. The van der Waals surface area contributed by atoms with Crippen LogP contribution >= 0.6 is 0 Å². The SMILES string of the molecule is CCn1ccnc1CC(NC)C1CCOc2ccccc21. The van der Waals surface area contributed by atoms with Gasteiger partial charge in [-0.1, -0.05) is 18.2 Å². The highest BCUT2D eigenvalue weighted by Gasteiger charge is 2.28. The Labute approximate surface area is 126 Å². The second kappa shape index (κ2) is 6.31. The first-order valence-electron chi connectivity index (χ1n) is 7.72. The number of ether oxygens (including phenoxy) is 1. The number of hydrogen-bond donors (Lipinski definition) is 1. The van der Waals surface area contributed by atoms with Crippen LogP contribution in [0.4, 0.5) is 0 Å². The number of benzene rings is 1. The largest absolute Gasteiger partial charge is 0.493 e. The third-order valence-electron chi connectivity index (χ3n) is 4.41. The highest BCUT2D eigenvalue weighted by atomic mass is 16.5. The van der Waals surface area contributed by atoms with Gasteiger partial charge in [-0.2, -0.15) is 0 Å². The number of aryl methyl sites for hydroxylation is 1.